The minimum atomic E-state index is -0.251. The Hall–Kier alpha value is -1.87. The second kappa shape index (κ2) is 5.41. The Morgan fingerprint density at radius 2 is 1.89 bits per heavy atom. The van der Waals surface area contributed by atoms with E-state index in [1.54, 1.807) is 6.07 Å². The Bertz CT molecular complexity index is 579. The zero-order valence-electron chi connectivity index (χ0n) is 11.5. The second-order valence-electron chi connectivity index (χ2n) is 4.90. The zero-order valence-corrected chi connectivity index (χ0v) is 11.5. The Morgan fingerprint density at radius 1 is 1.16 bits per heavy atom. The van der Waals surface area contributed by atoms with Crippen molar-refractivity contribution < 1.29 is 4.39 Å². The van der Waals surface area contributed by atoms with Gasteiger partial charge in [-0.2, -0.15) is 0 Å². The first-order valence-electron chi connectivity index (χ1n) is 6.34. The monoisotopic (exact) mass is 258 g/mol. The summed E-state index contributed by atoms with van der Waals surface area (Å²) >= 11 is 0. The van der Waals surface area contributed by atoms with E-state index in [0.717, 1.165) is 16.8 Å². The molecule has 0 bridgehead atoms. The molecule has 0 radical (unpaired) electrons. The van der Waals surface area contributed by atoms with Crippen LogP contribution in [0.4, 0.5) is 15.8 Å². The van der Waals surface area contributed by atoms with E-state index in [0.29, 0.717) is 5.69 Å². The molecule has 0 aliphatic heterocycles. The molecular weight excluding hydrogens is 239 g/mol. The van der Waals surface area contributed by atoms with Crippen molar-refractivity contribution in [2.24, 2.45) is 5.73 Å². The van der Waals surface area contributed by atoms with Gasteiger partial charge in [0.15, 0.2) is 0 Å². The van der Waals surface area contributed by atoms with Crippen LogP contribution in [0.5, 0.6) is 0 Å². The number of hydrogen-bond donors (Lipinski definition) is 1. The smallest absolute Gasteiger partial charge is 0.147 e. The van der Waals surface area contributed by atoms with Gasteiger partial charge in [0.2, 0.25) is 0 Å². The quantitative estimate of drug-likeness (QED) is 0.904. The lowest BCUT2D eigenvalue weighted by atomic mass is 10.1. The van der Waals surface area contributed by atoms with Crippen molar-refractivity contribution in [1.82, 2.24) is 0 Å². The SMILES string of the molecule is Cc1cccc(N(C)c2ccc([C@H](C)N)cc2F)c1. The fraction of sp³-hybridized carbons (Fsp3) is 0.250. The van der Waals surface area contributed by atoms with Gasteiger partial charge in [0.25, 0.3) is 0 Å². The largest absolute Gasteiger partial charge is 0.342 e. The molecule has 0 saturated carbocycles. The number of nitrogens with two attached hydrogens (primary N) is 1. The van der Waals surface area contributed by atoms with Crippen LogP contribution in [-0.4, -0.2) is 7.05 Å². The summed E-state index contributed by atoms with van der Waals surface area (Å²) in [5.74, 6) is -0.251. The van der Waals surface area contributed by atoms with Crippen molar-refractivity contribution in [1.29, 1.82) is 0 Å². The number of aryl methyl sites for hydroxylation is 1. The molecule has 1 atom stereocenters. The predicted molar refractivity (Wildman–Crippen MR) is 78.2 cm³/mol. The molecule has 19 heavy (non-hydrogen) atoms. The minimum Gasteiger partial charge on any atom is -0.342 e. The lowest BCUT2D eigenvalue weighted by Crippen LogP contribution is -2.12. The molecule has 0 heterocycles. The summed E-state index contributed by atoms with van der Waals surface area (Å²) in [4.78, 5) is 1.84. The maximum Gasteiger partial charge on any atom is 0.147 e. The molecule has 0 spiro atoms. The average Bonchev–Trinajstić information content (AvgIpc) is 2.37. The van der Waals surface area contributed by atoms with E-state index in [1.165, 1.54) is 6.07 Å². The zero-order chi connectivity index (χ0) is 14.0. The number of nitrogens with zero attached hydrogens (tertiary/aromatic N) is 1. The molecule has 0 unspecified atom stereocenters. The molecule has 2 aromatic carbocycles. The minimum absolute atomic E-state index is 0.159. The first kappa shape index (κ1) is 13.6. The lowest BCUT2D eigenvalue weighted by Gasteiger charge is -2.21. The third kappa shape index (κ3) is 2.93. The Kier molecular flexibility index (Phi) is 3.86. The summed E-state index contributed by atoms with van der Waals surface area (Å²) in [5, 5.41) is 0. The van der Waals surface area contributed by atoms with Crippen LogP contribution in [0.3, 0.4) is 0 Å². The van der Waals surface area contributed by atoms with E-state index in [1.807, 2.05) is 56.1 Å². The van der Waals surface area contributed by atoms with Crippen LogP contribution in [0.15, 0.2) is 42.5 Å². The van der Waals surface area contributed by atoms with Crippen LogP contribution in [0.2, 0.25) is 0 Å². The number of rotatable bonds is 3. The van der Waals surface area contributed by atoms with Gasteiger partial charge in [0, 0.05) is 18.8 Å². The average molecular weight is 258 g/mol. The van der Waals surface area contributed by atoms with Gasteiger partial charge in [-0.3, -0.25) is 0 Å². The number of anilines is 2. The first-order valence-corrected chi connectivity index (χ1v) is 6.34. The van der Waals surface area contributed by atoms with Crippen LogP contribution < -0.4 is 10.6 Å². The fourth-order valence-electron chi connectivity index (χ4n) is 2.05. The third-order valence-corrected chi connectivity index (χ3v) is 3.25. The topological polar surface area (TPSA) is 29.3 Å². The molecule has 0 amide bonds. The summed E-state index contributed by atoms with van der Waals surface area (Å²) in [6, 6.07) is 13.0. The van der Waals surface area contributed by atoms with Gasteiger partial charge in [0.05, 0.1) is 5.69 Å². The van der Waals surface area contributed by atoms with Gasteiger partial charge in [-0.25, -0.2) is 4.39 Å². The Morgan fingerprint density at radius 3 is 2.47 bits per heavy atom. The van der Waals surface area contributed by atoms with E-state index in [9.17, 15) is 4.39 Å². The van der Waals surface area contributed by atoms with Crippen LogP contribution in [0.1, 0.15) is 24.1 Å². The fourth-order valence-corrected chi connectivity index (χ4v) is 2.05. The van der Waals surface area contributed by atoms with Gasteiger partial charge in [-0.15, -0.1) is 0 Å². The van der Waals surface area contributed by atoms with Gasteiger partial charge >= 0.3 is 0 Å². The van der Waals surface area contributed by atoms with Gasteiger partial charge in [0.1, 0.15) is 5.82 Å². The number of benzene rings is 2. The van der Waals surface area contributed by atoms with Crippen LogP contribution in [0, 0.1) is 12.7 Å². The van der Waals surface area contributed by atoms with Crippen molar-refractivity contribution in [3.8, 4) is 0 Å². The highest BCUT2D eigenvalue weighted by Crippen LogP contribution is 2.28. The molecular formula is C16H19FN2. The van der Waals surface area contributed by atoms with Crippen molar-refractivity contribution in [2.45, 2.75) is 19.9 Å². The van der Waals surface area contributed by atoms with Crippen molar-refractivity contribution >= 4 is 11.4 Å². The van der Waals surface area contributed by atoms with E-state index < -0.39 is 0 Å². The summed E-state index contributed by atoms with van der Waals surface area (Å²) < 4.78 is 14.1. The molecule has 3 heteroatoms. The van der Waals surface area contributed by atoms with Crippen LogP contribution in [-0.2, 0) is 0 Å². The number of halogens is 1. The highest BCUT2D eigenvalue weighted by atomic mass is 19.1. The third-order valence-electron chi connectivity index (χ3n) is 3.25. The normalized spacial score (nSPS) is 12.3. The summed E-state index contributed by atoms with van der Waals surface area (Å²) in [6.07, 6.45) is 0. The summed E-state index contributed by atoms with van der Waals surface area (Å²) in [7, 11) is 1.86. The Balaban J connectivity index is 2.36. The van der Waals surface area contributed by atoms with Gasteiger partial charge in [-0.05, 0) is 49.2 Å². The van der Waals surface area contributed by atoms with Crippen LogP contribution >= 0.6 is 0 Å². The Labute approximate surface area is 113 Å². The number of hydrogen-bond acceptors (Lipinski definition) is 2. The molecule has 0 aromatic heterocycles. The molecule has 0 aliphatic carbocycles. The highest BCUT2D eigenvalue weighted by Gasteiger charge is 2.11. The molecule has 2 rings (SSSR count). The standard InChI is InChI=1S/C16H19FN2/c1-11-5-4-6-14(9-11)19(3)16-8-7-13(12(2)18)10-15(16)17/h4-10,12H,18H2,1-3H3/t12-/m0/s1. The first-order chi connectivity index (χ1) is 8.99. The van der Waals surface area contributed by atoms with E-state index in [2.05, 4.69) is 0 Å². The molecule has 2 N–H and O–H groups in total. The van der Waals surface area contributed by atoms with E-state index in [4.69, 9.17) is 5.73 Å². The predicted octanol–water partition coefficient (Wildman–Crippen LogP) is 3.92. The second-order valence-corrected chi connectivity index (χ2v) is 4.90. The van der Waals surface area contributed by atoms with E-state index >= 15 is 0 Å². The summed E-state index contributed by atoms with van der Waals surface area (Å²) in [6.45, 7) is 3.87. The lowest BCUT2D eigenvalue weighted by molar-refractivity contribution is 0.622. The molecule has 0 saturated heterocycles. The molecule has 100 valence electrons. The molecule has 0 fully saturated rings. The highest BCUT2D eigenvalue weighted by molar-refractivity contribution is 5.64. The maximum atomic E-state index is 14.1. The maximum absolute atomic E-state index is 14.1. The van der Waals surface area contributed by atoms with Gasteiger partial charge in [-0.1, -0.05) is 18.2 Å². The summed E-state index contributed by atoms with van der Waals surface area (Å²) in [5.41, 5.74) is 9.23. The van der Waals surface area contributed by atoms with Crippen LogP contribution in [0.25, 0.3) is 0 Å². The molecule has 2 aromatic rings. The van der Waals surface area contributed by atoms with E-state index in [-0.39, 0.29) is 11.9 Å². The van der Waals surface area contributed by atoms with Crippen molar-refractivity contribution in [3.05, 3.63) is 59.4 Å². The van der Waals surface area contributed by atoms with Crippen molar-refractivity contribution in [2.75, 3.05) is 11.9 Å². The molecule has 2 nitrogen and oxygen atoms in total. The van der Waals surface area contributed by atoms with Crippen molar-refractivity contribution in [3.63, 3.8) is 0 Å². The van der Waals surface area contributed by atoms with Gasteiger partial charge < -0.3 is 10.6 Å². The molecule has 0 aliphatic rings.